The van der Waals surface area contributed by atoms with E-state index in [1.54, 1.807) is 24.3 Å². The molecule has 1 aromatic heterocycles. The molecular formula is C16H10ClNO4. The second-order valence-corrected chi connectivity index (χ2v) is 5.07. The third-order valence-electron chi connectivity index (χ3n) is 3.09. The van der Waals surface area contributed by atoms with Gasteiger partial charge in [0, 0.05) is 16.1 Å². The summed E-state index contributed by atoms with van der Waals surface area (Å²) in [6.45, 7) is 0. The van der Waals surface area contributed by atoms with Crippen molar-refractivity contribution in [2.75, 3.05) is 5.32 Å². The van der Waals surface area contributed by atoms with Crippen molar-refractivity contribution in [3.63, 3.8) is 0 Å². The Hall–Kier alpha value is -2.79. The van der Waals surface area contributed by atoms with Crippen molar-refractivity contribution >= 4 is 40.1 Å². The number of anilines is 1. The van der Waals surface area contributed by atoms with Gasteiger partial charge in [0.2, 0.25) is 0 Å². The van der Waals surface area contributed by atoms with Crippen LogP contribution in [0.15, 0.2) is 52.9 Å². The van der Waals surface area contributed by atoms with Crippen LogP contribution in [0.2, 0.25) is 5.02 Å². The lowest BCUT2D eigenvalue weighted by Crippen LogP contribution is -2.10. The van der Waals surface area contributed by atoms with Gasteiger partial charge in [0.25, 0.3) is 5.91 Å². The number of carbonyl (C=O) groups excluding carboxylic acids is 1. The van der Waals surface area contributed by atoms with E-state index in [2.05, 4.69) is 5.32 Å². The van der Waals surface area contributed by atoms with Crippen LogP contribution in [-0.4, -0.2) is 17.0 Å². The zero-order valence-electron chi connectivity index (χ0n) is 11.2. The molecule has 110 valence electrons. The molecule has 0 spiro atoms. The molecule has 0 radical (unpaired) electrons. The lowest BCUT2D eigenvalue weighted by molar-refractivity contribution is 0.0696. The van der Waals surface area contributed by atoms with Gasteiger partial charge in [0.1, 0.15) is 5.58 Å². The maximum Gasteiger partial charge on any atom is 0.335 e. The fourth-order valence-electron chi connectivity index (χ4n) is 2.01. The van der Waals surface area contributed by atoms with Crippen molar-refractivity contribution in [1.82, 2.24) is 0 Å². The lowest BCUT2D eigenvalue weighted by atomic mass is 10.2. The van der Waals surface area contributed by atoms with E-state index in [0.29, 0.717) is 16.3 Å². The Kier molecular flexibility index (Phi) is 3.56. The number of aromatic carboxylic acids is 1. The van der Waals surface area contributed by atoms with Gasteiger partial charge in [-0.15, -0.1) is 0 Å². The van der Waals surface area contributed by atoms with Gasteiger partial charge in [0.05, 0.1) is 5.56 Å². The normalized spacial score (nSPS) is 10.6. The zero-order valence-corrected chi connectivity index (χ0v) is 11.9. The molecule has 6 heteroatoms. The lowest BCUT2D eigenvalue weighted by Gasteiger charge is -2.03. The van der Waals surface area contributed by atoms with Crippen LogP contribution in [0.3, 0.4) is 0 Å². The van der Waals surface area contributed by atoms with Crippen molar-refractivity contribution in [3.8, 4) is 0 Å². The molecule has 0 fully saturated rings. The summed E-state index contributed by atoms with van der Waals surface area (Å²) in [6.07, 6.45) is 0. The third-order valence-corrected chi connectivity index (χ3v) is 3.33. The molecule has 3 aromatic rings. The molecule has 5 nitrogen and oxygen atoms in total. The topological polar surface area (TPSA) is 79.5 Å². The summed E-state index contributed by atoms with van der Waals surface area (Å²) in [5.74, 6) is -1.29. The number of hydrogen-bond acceptors (Lipinski definition) is 3. The summed E-state index contributed by atoms with van der Waals surface area (Å²) in [7, 11) is 0. The van der Waals surface area contributed by atoms with Crippen LogP contribution in [0.1, 0.15) is 20.9 Å². The highest BCUT2D eigenvalue weighted by atomic mass is 35.5. The van der Waals surface area contributed by atoms with E-state index < -0.39 is 11.9 Å². The first-order valence-corrected chi connectivity index (χ1v) is 6.74. The molecule has 0 saturated heterocycles. The predicted molar refractivity (Wildman–Crippen MR) is 82.6 cm³/mol. The van der Waals surface area contributed by atoms with Gasteiger partial charge >= 0.3 is 5.97 Å². The first-order chi connectivity index (χ1) is 10.5. The summed E-state index contributed by atoms with van der Waals surface area (Å²) in [5.41, 5.74) is 1.20. The minimum absolute atomic E-state index is 0.149. The molecule has 0 bridgehead atoms. The Morgan fingerprint density at radius 1 is 1.05 bits per heavy atom. The van der Waals surface area contributed by atoms with Gasteiger partial charge in [-0.25, -0.2) is 4.79 Å². The summed E-state index contributed by atoms with van der Waals surface area (Å²) >= 11 is 5.89. The Labute approximate surface area is 130 Å². The van der Waals surface area contributed by atoms with Crippen molar-refractivity contribution in [2.45, 2.75) is 0 Å². The highest BCUT2D eigenvalue weighted by Crippen LogP contribution is 2.23. The number of amides is 1. The average Bonchev–Trinajstić information content (AvgIpc) is 2.91. The first-order valence-electron chi connectivity index (χ1n) is 6.37. The molecule has 0 unspecified atom stereocenters. The molecule has 2 aromatic carbocycles. The number of carboxylic acid groups (broad SMARTS) is 1. The molecule has 0 aliphatic carbocycles. The Balaban J connectivity index is 1.81. The summed E-state index contributed by atoms with van der Waals surface area (Å²) in [6, 6.07) is 12.5. The Morgan fingerprint density at radius 3 is 2.45 bits per heavy atom. The van der Waals surface area contributed by atoms with Crippen LogP contribution in [0, 0.1) is 0 Å². The molecular weight excluding hydrogens is 306 g/mol. The summed E-state index contributed by atoms with van der Waals surface area (Å²) < 4.78 is 5.45. The number of benzene rings is 2. The largest absolute Gasteiger partial charge is 0.478 e. The number of rotatable bonds is 3. The molecule has 0 saturated carbocycles. The SMILES string of the molecule is O=C(O)c1ccc(NC(=O)c2cc3cc(Cl)ccc3o2)cc1. The van der Waals surface area contributed by atoms with E-state index in [0.717, 1.165) is 5.39 Å². The maximum absolute atomic E-state index is 12.1. The minimum Gasteiger partial charge on any atom is -0.478 e. The highest BCUT2D eigenvalue weighted by Gasteiger charge is 2.13. The fourth-order valence-corrected chi connectivity index (χ4v) is 2.20. The number of carbonyl (C=O) groups is 2. The number of fused-ring (bicyclic) bond motifs is 1. The minimum atomic E-state index is -1.02. The van der Waals surface area contributed by atoms with Crippen LogP contribution < -0.4 is 5.32 Å². The van der Waals surface area contributed by atoms with Gasteiger partial charge in [-0.3, -0.25) is 4.79 Å². The number of furan rings is 1. The molecule has 0 atom stereocenters. The van der Waals surface area contributed by atoms with E-state index in [1.807, 2.05) is 0 Å². The number of nitrogens with one attached hydrogen (secondary N) is 1. The monoisotopic (exact) mass is 315 g/mol. The van der Waals surface area contributed by atoms with Crippen molar-refractivity contribution in [2.24, 2.45) is 0 Å². The summed E-state index contributed by atoms with van der Waals surface area (Å²) in [4.78, 5) is 22.9. The summed E-state index contributed by atoms with van der Waals surface area (Å²) in [5, 5.41) is 12.8. The Bertz CT molecular complexity index is 867. The second kappa shape index (κ2) is 5.54. The standard InChI is InChI=1S/C16H10ClNO4/c17-11-3-6-13-10(7-11)8-14(22-13)15(19)18-12-4-1-9(2-5-12)16(20)21/h1-8H,(H,18,19)(H,20,21). The first kappa shape index (κ1) is 14.2. The molecule has 3 rings (SSSR count). The van der Waals surface area contributed by atoms with Crippen LogP contribution in [0.25, 0.3) is 11.0 Å². The van der Waals surface area contributed by atoms with Crippen molar-refractivity contribution < 1.29 is 19.1 Å². The third kappa shape index (κ3) is 2.80. The molecule has 22 heavy (non-hydrogen) atoms. The van der Waals surface area contributed by atoms with E-state index in [-0.39, 0.29) is 11.3 Å². The van der Waals surface area contributed by atoms with Crippen LogP contribution in [0.4, 0.5) is 5.69 Å². The van der Waals surface area contributed by atoms with E-state index in [9.17, 15) is 9.59 Å². The number of halogens is 1. The van der Waals surface area contributed by atoms with Gasteiger partial charge < -0.3 is 14.8 Å². The quantitative estimate of drug-likeness (QED) is 0.764. The van der Waals surface area contributed by atoms with Gasteiger partial charge in [-0.1, -0.05) is 11.6 Å². The van der Waals surface area contributed by atoms with Gasteiger partial charge in [-0.2, -0.15) is 0 Å². The fraction of sp³-hybridized carbons (Fsp3) is 0. The van der Waals surface area contributed by atoms with Gasteiger partial charge in [0.15, 0.2) is 5.76 Å². The maximum atomic E-state index is 12.1. The molecule has 1 heterocycles. The Morgan fingerprint density at radius 2 is 1.77 bits per heavy atom. The average molecular weight is 316 g/mol. The molecule has 1 amide bonds. The number of carboxylic acids is 1. The van der Waals surface area contributed by atoms with Crippen molar-refractivity contribution in [1.29, 1.82) is 0 Å². The van der Waals surface area contributed by atoms with Crippen LogP contribution >= 0.6 is 11.6 Å². The predicted octanol–water partition coefficient (Wildman–Crippen LogP) is 4.04. The number of hydrogen-bond donors (Lipinski definition) is 2. The van der Waals surface area contributed by atoms with Crippen LogP contribution in [0.5, 0.6) is 0 Å². The van der Waals surface area contributed by atoms with E-state index in [4.69, 9.17) is 21.1 Å². The molecule has 2 N–H and O–H groups in total. The van der Waals surface area contributed by atoms with E-state index >= 15 is 0 Å². The van der Waals surface area contributed by atoms with Crippen LogP contribution in [-0.2, 0) is 0 Å². The second-order valence-electron chi connectivity index (χ2n) is 4.63. The van der Waals surface area contributed by atoms with Crippen molar-refractivity contribution in [3.05, 3.63) is 64.9 Å². The zero-order chi connectivity index (χ0) is 15.7. The molecule has 0 aliphatic rings. The molecule has 0 aliphatic heterocycles. The smallest absolute Gasteiger partial charge is 0.335 e. The van der Waals surface area contributed by atoms with E-state index in [1.165, 1.54) is 24.3 Å². The highest BCUT2D eigenvalue weighted by molar-refractivity contribution is 6.31. The van der Waals surface area contributed by atoms with Gasteiger partial charge in [-0.05, 0) is 48.5 Å².